The number of hydrogen-bond donors (Lipinski definition) is 0. The molecule has 7 heteroatoms. The minimum atomic E-state index is -3.69. The number of hydrogen-bond acceptors (Lipinski definition) is 4. The van der Waals surface area contributed by atoms with Crippen LogP contribution in [0.15, 0.2) is 82.3 Å². The van der Waals surface area contributed by atoms with Crippen LogP contribution in [0.4, 0.5) is 0 Å². The monoisotopic (exact) mass is 391 g/mol. The summed E-state index contributed by atoms with van der Waals surface area (Å²) in [6.45, 7) is 0. The maximum atomic E-state index is 13.1. The number of alkyl halides is 1. The van der Waals surface area contributed by atoms with Gasteiger partial charge in [-0.2, -0.15) is 0 Å². The van der Waals surface area contributed by atoms with Crippen molar-refractivity contribution >= 4 is 27.3 Å². The van der Waals surface area contributed by atoms with Crippen molar-refractivity contribution in [1.82, 2.24) is 4.90 Å². The molecule has 1 heterocycles. The molecule has 0 unspecified atom stereocenters. The molecule has 1 aliphatic heterocycles. The molecule has 0 fully saturated rings. The number of halogens is 1. The second kappa shape index (κ2) is 7.93. The molecule has 5 nitrogen and oxygen atoms in total. The van der Waals surface area contributed by atoms with Crippen molar-refractivity contribution in [3.8, 4) is 0 Å². The van der Waals surface area contributed by atoms with Crippen molar-refractivity contribution in [2.45, 2.75) is 24.2 Å². The van der Waals surface area contributed by atoms with Crippen LogP contribution in [-0.2, 0) is 19.4 Å². The number of sulfone groups is 1. The molecule has 1 aromatic carbocycles. The molecule has 1 aliphatic carbocycles. The predicted octanol–water partition coefficient (Wildman–Crippen LogP) is 3.86. The Hall–Kier alpha value is -2.31. The van der Waals surface area contributed by atoms with E-state index in [-0.39, 0.29) is 28.0 Å². The highest BCUT2D eigenvalue weighted by Crippen LogP contribution is 2.34. The SMILES string of the molecule is O=C(CCCl)N1C=COC(C2=C(S(=O)(=O)c3ccccc3)C=CCC2)=C1. The van der Waals surface area contributed by atoms with E-state index in [9.17, 15) is 13.2 Å². The molecule has 1 aromatic rings. The molecule has 0 bridgehead atoms. The lowest BCUT2D eigenvalue weighted by Gasteiger charge is -2.23. The van der Waals surface area contributed by atoms with Gasteiger partial charge in [-0.1, -0.05) is 24.3 Å². The van der Waals surface area contributed by atoms with E-state index < -0.39 is 9.84 Å². The average Bonchev–Trinajstić information content (AvgIpc) is 2.69. The van der Waals surface area contributed by atoms with Gasteiger partial charge in [-0.3, -0.25) is 9.69 Å². The number of ether oxygens (including phenoxy) is 1. The van der Waals surface area contributed by atoms with Gasteiger partial charge in [0.2, 0.25) is 15.7 Å². The maximum absolute atomic E-state index is 13.1. The number of allylic oxidation sites excluding steroid dienone is 3. The molecular weight excluding hydrogens is 374 g/mol. The van der Waals surface area contributed by atoms with E-state index in [4.69, 9.17) is 16.3 Å². The zero-order valence-corrected chi connectivity index (χ0v) is 15.5. The summed E-state index contributed by atoms with van der Waals surface area (Å²) in [5.74, 6) is 0.387. The fourth-order valence-corrected chi connectivity index (χ4v) is 4.48. The minimum Gasteiger partial charge on any atom is -0.462 e. The Bertz CT molecular complexity index is 914. The van der Waals surface area contributed by atoms with Crippen LogP contribution in [0.3, 0.4) is 0 Å². The van der Waals surface area contributed by atoms with Gasteiger partial charge in [-0.25, -0.2) is 8.42 Å². The number of carbonyl (C=O) groups is 1. The third kappa shape index (κ3) is 3.76. The van der Waals surface area contributed by atoms with E-state index in [1.807, 2.05) is 6.08 Å². The molecule has 2 aliphatic rings. The fraction of sp³-hybridized carbons (Fsp3) is 0.211. The lowest BCUT2D eigenvalue weighted by atomic mass is 10.0. The Morgan fingerprint density at radius 1 is 1.23 bits per heavy atom. The van der Waals surface area contributed by atoms with E-state index in [1.54, 1.807) is 36.4 Å². The Kier molecular flexibility index (Phi) is 5.64. The number of carbonyl (C=O) groups excluding carboxylic acids is 1. The molecular formula is C19H18ClNO4S. The summed E-state index contributed by atoms with van der Waals surface area (Å²) in [5, 5.41) is 0. The quantitative estimate of drug-likeness (QED) is 0.715. The summed E-state index contributed by atoms with van der Waals surface area (Å²) in [5.41, 5.74) is 0.560. The van der Waals surface area contributed by atoms with Crippen molar-refractivity contribution < 1.29 is 17.9 Å². The second-order valence-electron chi connectivity index (χ2n) is 5.74. The molecule has 26 heavy (non-hydrogen) atoms. The average molecular weight is 392 g/mol. The van der Waals surface area contributed by atoms with Gasteiger partial charge >= 0.3 is 0 Å². The normalized spacial score (nSPS) is 17.1. The van der Waals surface area contributed by atoms with Gasteiger partial charge in [0.15, 0.2) is 0 Å². The van der Waals surface area contributed by atoms with Gasteiger partial charge < -0.3 is 4.74 Å². The van der Waals surface area contributed by atoms with E-state index in [0.29, 0.717) is 24.2 Å². The minimum absolute atomic E-state index is 0.184. The molecule has 0 saturated heterocycles. The number of amides is 1. The van der Waals surface area contributed by atoms with Crippen LogP contribution in [0.1, 0.15) is 19.3 Å². The fourth-order valence-electron chi connectivity index (χ4n) is 2.75. The Labute approximate surface area is 157 Å². The second-order valence-corrected chi connectivity index (χ2v) is 8.03. The third-order valence-corrected chi connectivity index (χ3v) is 6.08. The summed E-state index contributed by atoms with van der Waals surface area (Å²) in [6, 6.07) is 8.27. The van der Waals surface area contributed by atoms with Gasteiger partial charge in [-0.15, -0.1) is 11.6 Å². The molecule has 0 aromatic heterocycles. The number of rotatable bonds is 5. The third-order valence-electron chi connectivity index (χ3n) is 4.04. The Morgan fingerprint density at radius 2 is 2.00 bits per heavy atom. The van der Waals surface area contributed by atoms with Crippen LogP contribution >= 0.6 is 11.6 Å². The van der Waals surface area contributed by atoms with Gasteiger partial charge in [0.25, 0.3) is 0 Å². The van der Waals surface area contributed by atoms with Gasteiger partial charge in [0.1, 0.15) is 12.0 Å². The van der Waals surface area contributed by atoms with Crippen LogP contribution in [-0.4, -0.2) is 25.1 Å². The first kappa shape index (κ1) is 18.5. The zero-order chi connectivity index (χ0) is 18.6. The standard InChI is InChI=1S/C19H18ClNO4S/c20-11-10-19(22)21-12-13-25-17(14-21)16-8-4-5-9-18(16)26(23,24)15-6-2-1-3-7-15/h1-3,5-7,9,12-14H,4,8,10-11H2. The number of benzene rings is 1. The largest absolute Gasteiger partial charge is 0.462 e. The highest BCUT2D eigenvalue weighted by molar-refractivity contribution is 7.95. The molecule has 0 N–H and O–H groups in total. The Balaban J connectivity index is 2.03. The van der Waals surface area contributed by atoms with Crippen LogP contribution in [0, 0.1) is 0 Å². The summed E-state index contributed by atoms with van der Waals surface area (Å²) in [6.07, 6.45) is 9.21. The molecule has 0 saturated carbocycles. The van der Waals surface area contributed by atoms with E-state index in [2.05, 4.69) is 0 Å². The van der Waals surface area contributed by atoms with Crippen LogP contribution in [0.2, 0.25) is 0 Å². The van der Waals surface area contributed by atoms with Crippen LogP contribution < -0.4 is 0 Å². The highest BCUT2D eigenvalue weighted by atomic mass is 35.5. The first-order valence-electron chi connectivity index (χ1n) is 8.16. The van der Waals surface area contributed by atoms with Crippen molar-refractivity contribution in [1.29, 1.82) is 0 Å². The Morgan fingerprint density at radius 3 is 2.73 bits per heavy atom. The molecule has 1 amide bonds. The van der Waals surface area contributed by atoms with Crippen molar-refractivity contribution in [3.05, 3.63) is 77.4 Å². The lowest BCUT2D eigenvalue weighted by molar-refractivity contribution is -0.126. The zero-order valence-electron chi connectivity index (χ0n) is 14.0. The van der Waals surface area contributed by atoms with Crippen LogP contribution in [0.25, 0.3) is 0 Å². The van der Waals surface area contributed by atoms with Gasteiger partial charge in [-0.05, 0) is 31.1 Å². The predicted molar refractivity (Wildman–Crippen MR) is 99.5 cm³/mol. The first-order chi connectivity index (χ1) is 12.5. The number of nitrogens with zero attached hydrogens (tertiary/aromatic N) is 1. The van der Waals surface area contributed by atoms with Crippen LogP contribution in [0.5, 0.6) is 0 Å². The first-order valence-corrected chi connectivity index (χ1v) is 10.2. The van der Waals surface area contributed by atoms with Crippen molar-refractivity contribution in [2.24, 2.45) is 0 Å². The topological polar surface area (TPSA) is 63.7 Å². The smallest absolute Gasteiger partial charge is 0.231 e. The molecule has 0 spiro atoms. The van der Waals surface area contributed by atoms with Gasteiger partial charge in [0.05, 0.1) is 16.0 Å². The maximum Gasteiger partial charge on any atom is 0.231 e. The highest BCUT2D eigenvalue weighted by Gasteiger charge is 2.27. The van der Waals surface area contributed by atoms with E-state index in [1.165, 1.54) is 23.6 Å². The lowest BCUT2D eigenvalue weighted by Crippen LogP contribution is -2.23. The summed E-state index contributed by atoms with van der Waals surface area (Å²) in [7, 11) is -3.69. The summed E-state index contributed by atoms with van der Waals surface area (Å²) in [4.78, 5) is 13.9. The summed E-state index contributed by atoms with van der Waals surface area (Å²) >= 11 is 5.63. The molecule has 0 atom stereocenters. The molecule has 136 valence electrons. The van der Waals surface area contributed by atoms with E-state index >= 15 is 0 Å². The van der Waals surface area contributed by atoms with Gasteiger partial charge in [0, 0.05) is 24.1 Å². The summed E-state index contributed by atoms with van der Waals surface area (Å²) < 4.78 is 31.6. The molecule has 0 radical (unpaired) electrons. The van der Waals surface area contributed by atoms with Crippen molar-refractivity contribution in [2.75, 3.05) is 5.88 Å². The van der Waals surface area contributed by atoms with Crippen molar-refractivity contribution in [3.63, 3.8) is 0 Å². The van der Waals surface area contributed by atoms with E-state index in [0.717, 1.165) is 0 Å². The molecule has 3 rings (SSSR count).